The molecule has 0 radical (unpaired) electrons. The maximum Gasteiger partial charge on any atom is 0.225 e. The molecule has 2 aromatic rings. The monoisotopic (exact) mass is 406 g/mol. The lowest BCUT2D eigenvalue weighted by Gasteiger charge is -2.56. The third-order valence-corrected chi connectivity index (χ3v) is 7.14. The quantitative estimate of drug-likeness (QED) is 0.780. The molecular weight excluding hydrogens is 376 g/mol. The van der Waals surface area contributed by atoms with E-state index in [1.165, 1.54) is 12.0 Å². The van der Waals surface area contributed by atoms with Gasteiger partial charge in [0.15, 0.2) is 0 Å². The maximum absolute atomic E-state index is 13.0. The fraction of sp³-hybridized carbons (Fsp3) is 0.542. The van der Waals surface area contributed by atoms with Crippen molar-refractivity contribution < 1.29 is 9.53 Å². The molecule has 3 aliphatic rings. The molecule has 0 aliphatic carbocycles. The smallest absolute Gasteiger partial charge is 0.225 e. The van der Waals surface area contributed by atoms with Crippen molar-refractivity contribution >= 4 is 11.9 Å². The Labute approximate surface area is 178 Å². The van der Waals surface area contributed by atoms with Crippen LogP contribution in [0.4, 0.5) is 5.95 Å². The Balaban J connectivity index is 1.46. The molecule has 3 aliphatic heterocycles. The lowest BCUT2D eigenvalue weighted by Crippen LogP contribution is -2.65. The minimum atomic E-state index is 0.221. The zero-order chi connectivity index (χ0) is 20.7. The predicted octanol–water partition coefficient (Wildman–Crippen LogP) is 3.24. The summed E-state index contributed by atoms with van der Waals surface area (Å²) in [6.07, 6.45) is 6.72. The molecule has 3 fully saturated rings. The van der Waals surface area contributed by atoms with Crippen molar-refractivity contribution in [3.05, 3.63) is 47.8 Å². The number of piperidine rings is 3. The molecule has 2 bridgehead atoms. The molecule has 1 amide bonds. The number of ether oxygens (including phenoxy) is 1. The van der Waals surface area contributed by atoms with E-state index < -0.39 is 0 Å². The van der Waals surface area contributed by atoms with Crippen LogP contribution >= 0.6 is 0 Å². The minimum absolute atomic E-state index is 0.221. The molecule has 6 nitrogen and oxygen atoms in total. The van der Waals surface area contributed by atoms with Crippen molar-refractivity contribution in [3.63, 3.8) is 0 Å². The van der Waals surface area contributed by atoms with E-state index in [1.54, 1.807) is 7.11 Å². The third-order valence-electron chi connectivity index (χ3n) is 7.14. The van der Waals surface area contributed by atoms with Gasteiger partial charge in [-0.3, -0.25) is 4.79 Å². The molecule has 30 heavy (non-hydrogen) atoms. The van der Waals surface area contributed by atoms with Crippen molar-refractivity contribution in [2.75, 3.05) is 25.1 Å². The van der Waals surface area contributed by atoms with Crippen LogP contribution in [-0.2, 0) is 11.2 Å². The van der Waals surface area contributed by atoms with Crippen molar-refractivity contribution in [1.82, 2.24) is 14.9 Å². The summed E-state index contributed by atoms with van der Waals surface area (Å²) in [5, 5.41) is 0. The number of anilines is 1. The van der Waals surface area contributed by atoms with Gasteiger partial charge in [-0.2, -0.15) is 0 Å². The zero-order valence-electron chi connectivity index (χ0n) is 17.8. The zero-order valence-corrected chi connectivity index (χ0v) is 17.8. The van der Waals surface area contributed by atoms with E-state index in [1.807, 2.05) is 31.3 Å². The van der Waals surface area contributed by atoms with Crippen LogP contribution in [0.2, 0.25) is 0 Å². The highest BCUT2D eigenvalue weighted by Crippen LogP contribution is 2.43. The summed E-state index contributed by atoms with van der Waals surface area (Å²) in [5.41, 5.74) is 2.23. The summed E-state index contributed by atoms with van der Waals surface area (Å²) in [5.74, 6) is 2.98. The number of rotatable bonds is 4. The van der Waals surface area contributed by atoms with Gasteiger partial charge in [0.1, 0.15) is 5.75 Å². The third kappa shape index (κ3) is 3.53. The van der Waals surface area contributed by atoms with Gasteiger partial charge in [-0.1, -0.05) is 12.1 Å². The number of carbonyl (C=O) groups is 1. The second-order valence-electron chi connectivity index (χ2n) is 9.04. The molecule has 6 heteroatoms. The molecule has 1 aromatic carbocycles. The Bertz CT molecular complexity index is 933. The standard InChI is InChI=1S/C24H30N4O2/c1-16-9-10-25-24(26-16)27-14-18-13-19(15-27)22(28-21(18)7-4-8-23(28)29)12-17-5-3-6-20(11-17)30-2/h3,5-6,9-11,18-19,21-22H,4,7-8,12-15H2,1-2H3/t18-,19+,21+,22+/m1/s1. The summed E-state index contributed by atoms with van der Waals surface area (Å²) in [6.45, 7) is 3.87. The number of fused-ring (bicyclic) bond motifs is 4. The lowest BCUT2D eigenvalue weighted by atomic mass is 9.71. The fourth-order valence-corrected chi connectivity index (χ4v) is 5.83. The van der Waals surface area contributed by atoms with Gasteiger partial charge < -0.3 is 14.5 Å². The summed E-state index contributed by atoms with van der Waals surface area (Å²) >= 11 is 0. The number of amides is 1. The van der Waals surface area contributed by atoms with Crippen LogP contribution in [0.3, 0.4) is 0 Å². The van der Waals surface area contributed by atoms with E-state index in [2.05, 4.69) is 26.9 Å². The van der Waals surface area contributed by atoms with E-state index in [0.29, 0.717) is 30.2 Å². The Kier molecular flexibility index (Phi) is 5.09. The average Bonchev–Trinajstić information content (AvgIpc) is 2.77. The highest BCUT2D eigenvalue weighted by atomic mass is 16.5. The Morgan fingerprint density at radius 3 is 2.90 bits per heavy atom. The first kappa shape index (κ1) is 19.3. The Morgan fingerprint density at radius 1 is 1.20 bits per heavy atom. The molecule has 1 aromatic heterocycles. The second kappa shape index (κ2) is 7.89. The van der Waals surface area contributed by atoms with Gasteiger partial charge in [0.2, 0.25) is 11.9 Å². The van der Waals surface area contributed by atoms with Crippen LogP contribution in [0.1, 0.15) is 36.9 Å². The first-order valence-corrected chi connectivity index (χ1v) is 11.1. The summed E-state index contributed by atoms with van der Waals surface area (Å²) < 4.78 is 5.43. The number of hydrogen-bond acceptors (Lipinski definition) is 5. The number of methoxy groups -OCH3 is 1. The van der Waals surface area contributed by atoms with Crippen molar-refractivity contribution in [2.24, 2.45) is 11.8 Å². The minimum Gasteiger partial charge on any atom is -0.497 e. The molecule has 4 heterocycles. The van der Waals surface area contributed by atoms with E-state index >= 15 is 0 Å². The van der Waals surface area contributed by atoms with Crippen molar-refractivity contribution in [1.29, 1.82) is 0 Å². The van der Waals surface area contributed by atoms with Gasteiger partial charge in [0.05, 0.1) is 7.11 Å². The molecular formula is C24H30N4O2. The second-order valence-corrected chi connectivity index (χ2v) is 9.04. The number of aryl methyl sites for hydroxylation is 1. The Morgan fingerprint density at radius 2 is 2.07 bits per heavy atom. The molecule has 4 atom stereocenters. The largest absolute Gasteiger partial charge is 0.497 e. The van der Waals surface area contributed by atoms with Gasteiger partial charge in [0, 0.05) is 43.5 Å². The Hall–Kier alpha value is -2.63. The lowest BCUT2D eigenvalue weighted by molar-refractivity contribution is -0.148. The van der Waals surface area contributed by atoms with Gasteiger partial charge >= 0.3 is 0 Å². The number of hydrogen-bond donors (Lipinski definition) is 0. The first-order valence-electron chi connectivity index (χ1n) is 11.1. The van der Waals surface area contributed by atoms with Gasteiger partial charge in [-0.15, -0.1) is 0 Å². The number of carbonyl (C=O) groups excluding carboxylic acids is 1. The molecule has 5 rings (SSSR count). The molecule has 3 saturated heterocycles. The van der Waals surface area contributed by atoms with E-state index in [0.717, 1.165) is 49.7 Å². The van der Waals surface area contributed by atoms with Crippen molar-refractivity contribution in [2.45, 2.75) is 51.1 Å². The first-order chi connectivity index (χ1) is 14.6. The van der Waals surface area contributed by atoms with Crippen LogP contribution in [-0.4, -0.2) is 53.1 Å². The maximum atomic E-state index is 13.0. The average molecular weight is 407 g/mol. The highest BCUT2D eigenvalue weighted by molar-refractivity contribution is 5.78. The number of aromatic nitrogens is 2. The SMILES string of the molecule is COc1cccc(C[C@H]2[C@H]3C[C@H](CN(c4nccc(C)n4)C3)[C@@H]3CCCC(=O)N32)c1. The van der Waals surface area contributed by atoms with E-state index in [9.17, 15) is 4.79 Å². The summed E-state index contributed by atoms with van der Waals surface area (Å²) in [6, 6.07) is 10.8. The van der Waals surface area contributed by atoms with Crippen LogP contribution < -0.4 is 9.64 Å². The molecule has 158 valence electrons. The summed E-state index contributed by atoms with van der Waals surface area (Å²) in [4.78, 5) is 26.9. The molecule has 0 saturated carbocycles. The number of nitrogens with zero attached hydrogens (tertiary/aromatic N) is 4. The van der Waals surface area contributed by atoms with Crippen LogP contribution in [0.5, 0.6) is 5.75 Å². The number of benzene rings is 1. The van der Waals surface area contributed by atoms with Crippen LogP contribution in [0.25, 0.3) is 0 Å². The molecule has 0 N–H and O–H groups in total. The fourth-order valence-electron chi connectivity index (χ4n) is 5.83. The van der Waals surface area contributed by atoms with Gasteiger partial charge in [0.25, 0.3) is 0 Å². The summed E-state index contributed by atoms with van der Waals surface area (Å²) in [7, 11) is 1.70. The van der Waals surface area contributed by atoms with Crippen LogP contribution in [0.15, 0.2) is 36.5 Å². The topological polar surface area (TPSA) is 58.6 Å². The van der Waals surface area contributed by atoms with Crippen molar-refractivity contribution in [3.8, 4) is 5.75 Å². The predicted molar refractivity (Wildman–Crippen MR) is 116 cm³/mol. The molecule has 0 unspecified atom stereocenters. The molecule has 0 spiro atoms. The van der Waals surface area contributed by atoms with E-state index in [4.69, 9.17) is 9.72 Å². The van der Waals surface area contributed by atoms with E-state index in [-0.39, 0.29) is 6.04 Å². The van der Waals surface area contributed by atoms with Crippen LogP contribution in [0, 0.1) is 18.8 Å². The normalized spacial score (nSPS) is 28.3. The van der Waals surface area contributed by atoms with Gasteiger partial charge in [-0.25, -0.2) is 9.97 Å². The van der Waals surface area contributed by atoms with Gasteiger partial charge in [-0.05, 0) is 68.2 Å². The highest BCUT2D eigenvalue weighted by Gasteiger charge is 2.49.